The molecular formula is C15H14FN3O. The topological polar surface area (TPSA) is 74.7 Å². The van der Waals surface area contributed by atoms with Crippen LogP contribution in [-0.2, 0) is 6.42 Å². The summed E-state index contributed by atoms with van der Waals surface area (Å²) in [6, 6.07) is 11.7. The van der Waals surface area contributed by atoms with E-state index in [1.54, 1.807) is 12.1 Å². The molecule has 1 heterocycles. The van der Waals surface area contributed by atoms with E-state index in [9.17, 15) is 9.18 Å². The molecule has 1 atom stereocenters. The van der Waals surface area contributed by atoms with Crippen LogP contribution in [0.15, 0.2) is 47.3 Å². The van der Waals surface area contributed by atoms with E-state index >= 15 is 0 Å². The molecule has 1 aromatic heterocycles. The minimum absolute atomic E-state index is 0.205. The summed E-state index contributed by atoms with van der Waals surface area (Å²) in [5, 5.41) is 0. The van der Waals surface area contributed by atoms with E-state index in [4.69, 9.17) is 5.73 Å². The van der Waals surface area contributed by atoms with Crippen LogP contribution in [0.1, 0.15) is 17.2 Å². The lowest BCUT2D eigenvalue weighted by Crippen LogP contribution is -2.13. The van der Waals surface area contributed by atoms with Crippen molar-refractivity contribution in [3.8, 4) is 0 Å². The molecule has 0 saturated carbocycles. The second kappa shape index (κ2) is 4.94. The van der Waals surface area contributed by atoms with Crippen LogP contribution in [-0.4, -0.2) is 9.97 Å². The highest BCUT2D eigenvalue weighted by atomic mass is 19.1. The van der Waals surface area contributed by atoms with Crippen LogP contribution in [0.25, 0.3) is 11.0 Å². The summed E-state index contributed by atoms with van der Waals surface area (Å²) in [6.07, 6.45) is 0.612. The smallest absolute Gasteiger partial charge is 0.323 e. The van der Waals surface area contributed by atoms with Crippen LogP contribution in [0.4, 0.5) is 4.39 Å². The van der Waals surface area contributed by atoms with E-state index in [1.165, 1.54) is 12.1 Å². The standard InChI is InChI=1S/C15H14FN3O/c16-11-4-1-9(2-5-11)7-12(17)10-3-6-13-14(8-10)19-15(20)18-13/h1-6,8,12H,7,17H2,(H2,18,19,20). The largest absolute Gasteiger partial charge is 0.324 e. The minimum atomic E-state index is -0.256. The Labute approximate surface area is 114 Å². The molecule has 0 aliphatic carbocycles. The molecule has 20 heavy (non-hydrogen) atoms. The van der Waals surface area contributed by atoms with Crippen molar-refractivity contribution in [1.82, 2.24) is 9.97 Å². The van der Waals surface area contributed by atoms with Crippen LogP contribution < -0.4 is 11.4 Å². The molecule has 3 rings (SSSR count). The van der Waals surface area contributed by atoms with E-state index in [2.05, 4.69) is 9.97 Å². The Morgan fingerprint density at radius 1 is 1.05 bits per heavy atom. The first-order valence-electron chi connectivity index (χ1n) is 6.34. The third kappa shape index (κ3) is 2.48. The van der Waals surface area contributed by atoms with Crippen LogP contribution in [0, 0.1) is 5.82 Å². The SMILES string of the molecule is NC(Cc1ccc(F)cc1)c1ccc2[nH]c(=O)[nH]c2c1. The maximum atomic E-state index is 12.9. The Morgan fingerprint density at radius 3 is 2.50 bits per heavy atom. The fraction of sp³-hybridized carbons (Fsp3) is 0.133. The van der Waals surface area contributed by atoms with Crippen molar-refractivity contribution < 1.29 is 4.39 Å². The van der Waals surface area contributed by atoms with E-state index in [0.29, 0.717) is 6.42 Å². The summed E-state index contributed by atoms with van der Waals surface area (Å²) in [4.78, 5) is 16.6. The molecule has 3 aromatic rings. The molecule has 4 N–H and O–H groups in total. The average molecular weight is 271 g/mol. The normalized spacial score (nSPS) is 12.7. The van der Waals surface area contributed by atoms with Gasteiger partial charge in [-0.3, -0.25) is 0 Å². The Bertz CT molecular complexity index is 789. The molecule has 1 unspecified atom stereocenters. The molecule has 4 nitrogen and oxygen atoms in total. The Hall–Kier alpha value is -2.40. The van der Waals surface area contributed by atoms with Crippen LogP contribution in [0.2, 0.25) is 0 Å². The van der Waals surface area contributed by atoms with Crippen LogP contribution in [0.5, 0.6) is 0 Å². The molecule has 2 aromatic carbocycles. The van der Waals surface area contributed by atoms with E-state index in [1.807, 2.05) is 18.2 Å². The van der Waals surface area contributed by atoms with Crippen LogP contribution >= 0.6 is 0 Å². The zero-order valence-electron chi connectivity index (χ0n) is 10.7. The number of hydrogen-bond acceptors (Lipinski definition) is 2. The number of benzene rings is 2. The molecule has 5 heteroatoms. The molecule has 102 valence electrons. The highest BCUT2D eigenvalue weighted by Gasteiger charge is 2.09. The van der Waals surface area contributed by atoms with Crippen molar-refractivity contribution in [3.63, 3.8) is 0 Å². The maximum absolute atomic E-state index is 12.9. The van der Waals surface area contributed by atoms with Crippen LogP contribution in [0.3, 0.4) is 0 Å². The highest BCUT2D eigenvalue weighted by molar-refractivity contribution is 5.75. The number of hydrogen-bond donors (Lipinski definition) is 3. The summed E-state index contributed by atoms with van der Waals surface area (Å²) in [5.74, 6) is -0.256. The molecule has 0 radical (unpaired) electrons. The number of imidazole rings is 1. The molecule has 0 aliphatic rings. The highest BCUT2D eigenvalue weighted by Crippen LogP contribution is 2.19. The van der Waals surface area contributed by atoms with Gasteiger partial charge in [-0.15, -0.1) is 0 Å². The summed E-state index contributed by atoms with van der Waals surface area (Å²) in [7, 11) is 0. The summed E-state index contributed by atoms with van der Waals surface area (Å²) in [5.41, 5.74) is 9.33. The number of fused-ring (bicyclic) bond motifs is 1. The summed E-state index contributed by atoms with van der Waals surface area (Å²) >= 11 is 0. The van der Waals surface area contributed by atoms with Gasteiger partial charge in [0.1, 0.15) is 5.82 Å². The molecule has 0 bridgehead atoms. The van der Waals surface area contributed by atoms with Gasteiger partial charge >= 0.3 is 5.69 Å². The second-order valence-corrected chi connectivity index (χ2v) is 4.82. The summed E-state index contributed by atoms with van der Waals surface area (Å²) in [6.45, 7) is 0. The Kier molecular flexibility index (Phi) is 3.12. The number of nitrogens with two attached hydrogens (primary N) is 1. The van der Waals surface area contributed by atoms with Crippen molar-refractivity contribution in [2.45, 2.75) is 12.5 Å². The fourth-order valence-corrected chi connectivity index (χ4v) is 2.27. The number of nitrogens with one attached hydrogen (secondary N) is 2. The zero-order valence-corrected chi connectivity index (χ0v) is 10.7. The summed E-state index contributed by atoms with van der Waals surface area (Å²) < 4.78 is 12.9. The number of aromatic amines is 2. The quantitative estimate of drug-likeness (QED) is 0.683. The van der Waals surface area contributed by atoms with Crippen molar-refractivity contribution >= 4 is 11.0 Å². The van der Waals surface area contributed by atoms with E-state index in [0.717, 1.165) is 22.2 Å². The first kappa shape index (κ1) is 12.6. The van der Waals surface area contributed by atoms with E-state index in [-0.39, 0.29) is 17.5 Å². The van der Waals surface area contributed by atoms with Crippen molar-refractivity contribution in [2.75, 3.05) is 0 Å². The molecule has 0 fully saturated rings. The van der Waals surface area contributed by atoms with Crippen molar-refractivity contribution in [1.29, 1.82) is 0 Å². The number of rotatable bonds is 3. The monoisotopic (exact) mass is 271 g/mol. The number of H-pyrrole nitrogens is 2. The van der Waals surface area contributed by atoms with Gasteiger partial charge in [-0.2, -0.15) is 0 Å². The van der Waals surface area contributed by atoms with Gasteiger partial charge in [0, 0.05) is 6.04 Å². The lowest BCUT2D eigenvalue weighted by Gasteiger charge is -2.12. The average Bonchev–Trinajstić information content (AvgIpc) is 2.80. The Morgan fingerprint density at radius 2 is 1.75 bits per heavy atom. The lowest BCUT2D eigenvalue weighted by atomic mass is 9.99. The van der Waals surface area contributed by atoms with Gasteiger partial charge in [0.05, 0.1) is 11.0 Å². The lowest BCUT2D eigenvalue weighted by molar-refractivity contribution is 0.625. The van der Waals surface area contributed by atoms with Gasteiger partial charge < -0.3 is 15.7 Å². The first-order valence-corrected chi connectivity index (χ1v) is 6.34. The molecule has 0 spiro atoms. The third-order valence-corrected chi connectivity index (χ3v) is 3.34. The second-order valence-electron chi connectivity index (χ2n) is 4.82. The van der Waals surface area contributed by atoms with E-state index < -0.39 is 0 Å². The number of halogens is 1. The predicted octanol–water partition coefficient (Wildman–Crippen LogP) is 2.24. The van der Waals surface area contributed by atoms with Gasteiger partial charge in [0.15, 0.2) is 0 Å². The molecular weight excluding hydrogens is 257 g/mol. The zero-order chi connectivity index (χ0) is 14.1. The van der Waals surface area contributed by atoms with Gasteiger partial charge in [-0.05, 0) is 41.8 Å². The molecule has 0 aliphatic heterocycles. The van der Waals surface area contributed by atoms with Crippen molar-refractivity contribution in [2.24, 2.45) is 5.73 Å². The van der Waals surface area contributed by atoms with Gasteiger partial charge in [-0.1, -0.05) is 18.2 Å². The fourth-order valence-electron chi connectivity index (χ4n) is 2.27. The minimum Gasteiger partial charge on any atom is -0.324 e. The molecule has 0 amide bonds. The van der Waals surface area contributed by atoms with Gasteiger partial charge in [-0.25, -0.2) is 9.18 Å². The van der Waals surface area contributed by atoms with Gasteiger partial charge in [0.25, 0.3) is 0 Å². The maximum Gasteiger partial charge on any atom is 0.323 e. The van der Waals surface area contributed by atoms with Gasteiger partial charge in [0.2, 0.25) is 0 Å². The Balaban J connectivity index is 1.85. The van der Waals surface area contributed by atoms with Crippen molar-refractivity contribution in [3.05, 3.63) is 69.9 Å². The molecule has 0 saturated heterocycles. The predicted molar refractivity (Wildman–Crippen MR) is 76.0 cm³/mol. The third-order valence-electron chi connectivity index (χ3n) is 3.34. The number of aromatic nitrogens is 2. The first-order chi connectivity index (χ1) is 9.61.